The van der Waals surface area contributed by atoms with Crippen LogP contribution in [0.2, 0.25) is 0 Å². The van der Waals surface area contributed by atoms with Gasteiger partial charge in [0, 0.05) is 38.5 Å². The molecule has 24 heavy (non-hydrogen) atoms. The van der Waals surface area contributed by atoms with Gasteiger partial charge < -0.3 is 14.5 Å². The average molecular weight is 330 g/mol. The van der Waals surface area contributed by atoms with E-state index in [1.54, 1.807) is 4.90 Å². The van der Waals surface area contributed by atoms with Gasteiger partial charge in [0.05, 0.1) is 19.1 Å². The quantitative estimate of drug-likeness (QED) is 0.801. The van der Waals surface area contributed by atoms with Crippen LogP contribution in [0.4, 0.5) is 0 Å². The molecule has 2 amide bonds. The lowest BCUT2D eigenvalue weighted by Crippen LogP contribution is -2.36. The molecule has 5 nitrogen and oxygen atoms in total. The molecule has 0 bridgehead atoms. The molecular formula is C19H26N2O3. The second-order valence-electron chi connectivity index (χ2n) is 6.77. The van der Waals surface area contributed by atoms with Crippen molar-refractivity contribution in [2.24, 2.45) is 11.8 Å². The van der Waals surface area contributed by atoms with Crippen LogP contribution in [0.1, 0.15) is 25.3 Å². The Balaban J connectivity index is 1.42. The first-order valence-corrected chi connectivity index (χ1v) is 8.85. The number of hydrogen-bond acceptors (Lipinski definition) is 3. The monoisotopic (exact) mass is 330 g/mol. The lowest BCUT2D eigenvalue weighted by atomic mass is 10.1. The van der Waals surface area contributed by atoms with E-state index in [0.29, 0.717) is 38.6 Å². The van der Waals surface area contributed by atoms with Gasteiger partial charge in [-0.15, -0.1) is 0 Å². The molecule has 0 N–H and O–H groups in total. The lowest BCUT2D eigenvalue weighted by Gasteiger charge is -2.20. The van der Waals surface area contributed by atoms with Gasteiger partial charge in [-0.25, -0.2) is 0 Å². The minimum atomic E-state index is -0.151. The fourth-order valence-electron chi connectivity index (χ4n) is 3.59. The van der Waals surface area contributed by atoms with Crippen molar-refractivity contribution in [3.05, 3.63) is 35.9 Å². The van der Waals surface area contributed by atoms with E-state index in [0.717, 1.165) is 19.5 Å². The Labute approximate surface area is 143 Å². The first kappa shape index (κ1) is 17.0. The van der Waals surface area contributed by atoms with Crippen LogP contribution in [0.3, 0.4) is 0 Å². The Bertz CT molecular complexity index is 575. The molecule has 2 fully saturated rings. The fraction of sp³-hybridized carbons (Fsp3) is 0.579. The van der Waals surface area contributed by atoms with Gasteiger partial charge >= 0.3 is 0 Å². The maximum absolute atomic E-state index is 12.6. The zero-order valence-corrected chi connectivity index (χ0v) is 14.3. The van der Waals surface area contributed by atoms with Crippen LogP contribution < -0.4 is 0 Å². The van der Waals surface area contributed by atoms with Crippen LogP contribution in [0, 0.1) is 11.8 Å². The van der Waals surface area contributed by atoms with E-state index in [-0.39, 0.29) is 17.7 Å². The number of nitrogens with zero attached hydrogens (tertiary/aromatic N) is 2. The molecule has 1 aromatic carbocycles. The molecule has 0 unspecified atom stereocenters. The van der Waals surface area contributed by atoms with Crippen molar-refractivity contribution >= 4 is 11.8 Å². The number of carbonyl (C=O) groups is 2. The largest absolute Gasteiger partial charge is 0.376 e. The number of rotatable bonds is 6. The van der Waals surface area contributed by atoms with E-state index in [1.807, 2.05) is 30.0 Å². The number of benzene rings is 1. The molecule has 5 heteroatoms. The molecule has 2 saturated heterocycles. The van der Waals surface area contributed by atoms with E-state index in [2.05, 4.69) is 12.1 Å². The number of ether oxygens (including phenoxy) is 1. The predicted molar refractivity (Wildman–Crippen MR) is 91.1 cm³/mol. The smallest absolute Gasteiger partial charge is 0.228 e. The van der Waals surface area contributed by atoms with Gasteiger partial charge in [-0.3, -0.25) is 9.59 Å². The second-order valence-corrected chi connectivity index (χ2v) is 6.77. The van der Waals surface area contributed by atoms with Crippen molar-refractivity contribution in [1.82, 2.24) is 9.80 Å². The highest BCUT2D eigenvalue weighted by Gasteiger charge is 2.37. The number of hydrogen-bond donors (Lipinski definition) is 0. The molecule has 1 aromatic rings. The Hall–Kier alpha value is -1.88. The standard InChI is InChI=1S/C19H26N2O3/c1-2-20-12-17(10-18(20)22)19(23)21-9-8-16(11-21)14-24-13-15-6-4-3-5-7-15/h3-7,16-17H,2,8-14H2,1H3/t16-,17-/m1/s1. The van der Waals surface area contributed by atoms with Crippen molar-refractivity contribution in [2.75, 3.05) is 32.8 Å². The summed E-state index contributed by atoms with van der Waals surface area (Å²) in [5, 5.41) is 0. The lowest BCUT2D eigenvalue weighted by molar-refractivity contribution is -0.135. The van der Waals surface area contributed by atoms with Crippen LogP contribution >= 0.6 is 0 Å². The number of amides is 2. The SMILES string of the molecule is CCN1C[C@H](C(=O)N2CC[C@@H](COCc3ccccc3)C2)CC1=O. The first-order valence-electron chi connectivity index (χ1n) is 8.85. The van der Waals surface area contributed by atoms with Crippen molar-refractivity contribution in [1.29, 1.82) is 0 Å². The maximum Gasteiger partial charge on any atom is 0.228 e. The van der Waals surface area contributed by atoms with Crippen molar-refractivity contribution < 1.29 is 14.3 Å². The molecule has 0 spiro atoms. The zero-order chi connectivity index (χ0) is 16.9. The molecule has 2 aliphatic heterocycles. The first-order chi connectivity index (χ1) is 11.7. The van der Waals surface area contributed by atoms with Gasteiger partial charge in [0.1, 0.15) is 0 Å². The Morgan fingerprint density at radius 1 is 1.25 bits per heavy atom. The van der Waals surface area contributed by atoms with Crippen LogP contribution in [0.25, 0.3) is 0 Å². The maximum atomic E-state index is 12.6. The summed E-state index contributed by atoms with van der Waals surface area (Å²) in [5.74, 6) is 0.501. The van der Waals surface area contributed by atoms with Crippen molar-refractivity contribution in [3.8, 4) is 0 Å². The summed E-state index contributed by atoms with van der Waals surface area (Å²) in [4.78, 5) is 28.1. The minimum absolute atomic E-state index is 0.109. The summed E-state index contributed by atoms with van der Waals surface area (Å²) in [6.45, 7) is 6.08. The normalized spacial score (nSPS) is 24.0. The third kappa shape index (κ3) is 3.96. The van der Waals surface area contributed by atoms with Crippen LogP contribution in [-0.2, 0) is 20.9 Å². The third-order valence-electron chi connectivity index (χ3n) is 5.01. The number of likely N-dealkylation sites (tertiary alicyclic amines) is 2. The van der Waals surface area contributed by atoms with Gasteiger partial charge in [0.25, 0.3) is 0 Å². The molecule has 130 valence electrons. The molecule has 2 heterocycles. The molecule has 0 radical (unpaired) electrons. The second kappa shape index (κ2) is 7.79. The summed E-state index contributed by atoms with van der Waals surface area (Å²) < 4.78 is 5.81. The Morgan fingerprint density at radius 2 is 2.04 bits per heavy atom. The highest BCUT2D eigenvalue weighted by Crippen LogP contribution is 2.24. The van der Waals surface area contributed by atoms with Crippen LogP contribution in [0.5, 0.6) is 0 Å². The molecule has 2 aliphatic rings. The molecular weight excluding hydrogens is 304 g/mol. The van der Waals surface area contributed by atoms with Gasteiger partial charge in [-0.2, -0.15) is 0 Å². The average Bonchev–Trinajstić information content (AvgIpc) is 3.22. The van der Waals surface area contributed by atoms with Gasteiger partial charge in [-0.05, 0) is 18.9 Å². The fourth-order valence-corrected chi connectivity index (χ4v) is 3.59. The predicted octanol–water partition coefficient (Wildman–Crippen LogP) is 1.92. The Morgan fingerprint density at radius 3 is 2.75 bits per heavy atom. The van der Waals surface area contributed by atoms with Gasteiger partial charge in [0.15, 0.2) is 0 Å². The molecule has 0 aromatic heterocycles. The zero-order valence-electron chi connectivity index (χ0n) is 14.3. The van der Waals surface area contributed by atoms with Gasteiger partial charge in [0.2, 0.25) is 11.8 Å². The van der Waals surface area contributed by atoms with Gasteiger partial charge in [-0.1, -0.05) is 30.3 Å². The third-order valence-corrected chi connectivity index (χ3v) is 5.01. The van der Waals surface area contributed by atoms with E-state index in [1.165, 1.54) is 5.56 Å². The highest BCUT2D eigenvalue weighted by molar-refractivity contribution is 5.89. The summed E-state index contributed by atoms with van der Waals surface area (Å²) in [7, 11) is 0. The van der Waals surface area contributed by atoms with E-state index >= 15 is 0 Å². The van der Waals surface area contributed by atoms with Crippen LogP contribution in [0.15, 0.2) is 30.3 Å². The topological polar surface area (TPSA) is 49.9 Å². The Kier molecular flexibility index (Phi) is 5.51. The molecule has 0 saturated carbocycles. The van der Waals surface area contributed by atoms with Crippen molar-refractivity contribution in [2.45, 2.75) is 26.4 Å². The summed E-state index contributed by atoms with van der Waals surface area (Å²) >= 11 is 0. The minimum Gasteiger partial charge on any atom is -0.376 e. The molecule has 3 rings (SSSR count). The molecule has 2 atom stereocenters. The van der Waals surface area contributed by atoms with Crippen molar-refractivity contribution in [3.63, 3.8) is 0 Å². The summed E-state index contributed by atoms with van der Waals surface area (Å²) in [6.07, 6.45) is 1.36. The molecule has 0 aliphatic carbocycles. The van der Waals surface area contributed by atoms with E-state index in [9.17, 15) is 9.59 Å². The summed E-state index contributed by atoms with van der Waals surface area (Å²) in [5.41, 5.74) is 1.17. The van der Waals surface area contributed by atoms with Crippen LogP contribution in [-0.4, -0.2) is 54.4 Å². The van der Waals surface area contributed by atoms with E-state index < -0.39 is 0 Å². The summed E-state index contributed by atoms with van der Waals surface area (Å²) in [6, 6.07) is 10.1. The highest BCUT2D eigenvalue weighted by atomic mass is 16.5. The number of carbonyl (C=O) groups excluding carboxylic acids is 2. The van der Waals surface area contributed by atoms with E-state index in [4.69, 9.17) is 4.74 Å².